The number of rotatable bonds is 7. The van der Waals surface area contributed by atoms with Gasteiger partial charge in [0.1, 0.15) is 24.3 Å². The number of ether oxygens (including phenoxy) is 1. The van der Waals surface area contributed by atoms with Crippen LogP contribution in [0.25, 0.3) is 11.4 Å². The number of benzene rings is 2. The minimum absolute atomic E-state index is 0.0140. The van der Waals surface area contributed by atoms with Crippen molar-refractivity contribution in [3.8, 4) is 17.1 Å². The van der Waals surface area contributed by atoms with Crippen molar-refractivity contribution in [2.75, 3.05) is 6.61 Å². The summed E-state index contributed by atoms with van der Waals surface area (Å²) in [5.41, 5.74) is 1.64. The Morgan fingerprint density at radius 3 is 2.56 bits per heavy atom. The summed E-state index contributed by atoms with van der Waals surface area (Å²) in [6.45, 7) is 2.07. The first-order valence-electron chi connectivity index (χ1n) is 8.12. The van der Waals surface area contributed by atoms with E-state index < -0.39 is 6.10 Å². The second kappa shape index (κ2) is 7.77. The number of aliphatic hydroxyl groups excluding tert-OH is 1. The molecular formula is C20H20N2O3. The number of hydrogen-bond acceptors (Lipinski definition) is 4. The van der Waals surface area contributed by atoms with Gasteiger partial charge in [-0.25, -0.2) is 4.98 Å². The van der Waals surface area contributed by atoms with Gasteiger partial charge in [0.2, 0.25) is 0 Å². The maximum Gasteiger partial charge on any atom is 0.159 e. The van der Waals surface area contributed by atoms with E-state index in [1.165, 1.54) is 6.92 Å². The maximum atomic E-state index is 11.3. The van der Waals surface area contributed by atoms with Gasteiger partial charge in [-0.2, -0.15) is 0 Å². The summed E-state index contributed by atoms with van der Waals surface area (Å²) in [5.74, 6) is 1.45. The molecule has 1 atom stereocenters. The van der Waals surface area contributed by atoms with Gasteiger partial charge in [-0.1, -0.05) is 30.3 Å². The van der Waals surface area contributed by atoms with Gasteiger partial charge in [0.15, 0.2) is 5.78 Å². The van der Waals surface area contributed by atoms with E-state index in [1.54, 1.807) is 30.5 Å². The second-order valence-electron chi connectivity index (χ2n) is 5.81. The van der Waals surface area contributed by atoms with Crippen LogP contribution in [-0.2, 0) is 6.54 Å². The lowest BCUT2D eigenvalue weighted by molar-refractivity contribution is 0.0927. The van der Waals surface area contributed by atoms with Gasteiger partial charge in [0.25, 0.3) is 0 Å². The Kier molecular flexibility index (Phi) is 5.26. The normalized spacial score (nSPS) is 11.9. The summed E-state index contributed by atoms with van der Waals surface area (Å²) in [7, 11) is 0. The lowest BCUT2D eigenvalue weighted by Crippen LogP contribution is -2.23. The predicted octanol–water partition coefficient (Wildman–Crippen LogP) is 3.19. The minimum atomic E-state index is -0.677. The van der Waals surface area contributed by atoms with Crippen molar-refractivity contribution in [2.24, 2.45) is 0 Å². The monoisotopic (exact) mass is 336 g/mol. The Balaban J connectivity index is 1.59. The van der Waals surface area contributed by atoms with Gasteiger partial charge in [-0.05, 0) is 31.2 Å². The molecule has 0 radical (unpaired) electrons. The number of ketones is 1. The third-order valence-electron chi connectivity index (χ3n) is 3.86. The van der Waals surface area contributed by atoms with Crippen molar-refractivity contribution < 1.29 is 14.6 Å². The fourth-order valence-corrected chi connectivity index (χ4v) is 2.56. The van der Waals surface area contributed by atoms with Gasteiger partial charge < -0.3 is 14.4 Å². The average molecular weight is 336 g/mol. The van der Waals surface area contributed by atoms with E-state index in [0.29, 0.717) is 17.9 Å². The molecule has 1 aromatic heterocycles. The lowest BCUT2D eigenvalue weighted by Gasteiger charge is -2.15. The van der Waals surface area contributed by atoms with Crippen molar-refractivity contribution in [2.45, 2.75) is 19.6 Å². The van der Waals surface area contributed by atoms with E-state index in [-0.39, 0.29) is 12.4 Å². The van der Waals surface area contributed by atoms with E-state index in [1.807, 2.05) is 41.1 Å². The molecule has 0 aliphatic heterocycles. The Bertz CT molecular complexity index is 826. The first kappa shape index (κ1) is 16.9. The van der Waals surface area contributed by atoms with Crippen LogP contribution >= 0.6 is 0 Å². The van der Waals surface area contributed by atoms with E-state index in [4.69, 9.17) is 4.74 Å². The molecule has 0 saturated carbocycles. The Labute approximate surface area is 146 Å². The largest absolute Gasteiger partial charge is 0.491 e. The van der Waals surface area contributed by atoms with Crippen molar-refractivity contribution in [3.05, 3.63) is 72.6 Å². The first-order chi connectivity index (χ1) is 12.1. The third kappa shape index (κ3) is 4.33. The number of aliphatic hydroxyl groups is 1. The summed E-state index contributed by atoms with van der Waals surface area (Å²) in [4.78, 5) is 15.6. The van der Waals surface area contributed by atoms with Crippen molar-refractivity contribution in [1.82, 2.24) is 9.55 Å². The molecule has 1 N–H and O–H groups in total. The molecule has 0 spiro atoms. The van der Waals surface area contributed by atoms with Crippen molar-refractivity contribution in [1.29, 1.82) is 0 Å². The highest BCUT2D eigenvalue weighted by molar-refractivity contribution is 5.94. The summed E-state index contributed by atoms with van der Waals surface area (Å²) in [5, 5.41) is 10.3. The fourth-order valence-electron chi connectivity index (χ4n) is 2.56. The van der Waals surface area contributed by atoms with Gasteiger partial charge >= 0.3 is 0 Å². The minimum Gasteiger partial charge on any atom is -0.491 e. The number of carbonyl (C=O) groups is 1. The van der Waals surface area contributed by atoms with E-state index >= 15 is 0 Å². The molecule has 128 valence electrons. The Morgan fingerprint density at radius 2 is 1.88 bits per heavy atom. The molecule has 3 rings (SSSR count). The molecule has 1 unspecified atom stereocenters. The molecule has 5 heteroatoms. The maximum absolute atomic E-state index is 11.3. The van der Waals surface area contributed by atoms with Crippen LogP contribution in [0.3, 0.4) is 0 Å². The van der Waals surface area contributed by atoms with Crippen molar-refractivity contribution >= 4 is 5.78 Å². The molecule has 0 fully saturated rings. The molecule has 0 aliphatic carbocycles. The first-order valence-corrected chi connectivity index (χ1v) is 8.12. The zero-order valence-electron chi connectivity index (χ0n) is 14.0. The summed E-state index contributed by atoms with van der Waals surface area (Å²) >= 11 is 0. The molecule has 2 aromatic carbocycles. The van der Waals surface area contributed by atoms with Crippen LogP contribution in [0.2, 0.25) is 0 Å². The third-order valence-corrected chi connectivity index (χ3v) is 3.86. The van der Waals surface area contributed by atoms with E-state index in [0.717, 1.165) is 11.4 Å². The van der Waals surface area contributed by atoms with Gasteiger partial charge in [-0.3, -0.25) is 4.79 Å². The molecule has 25 heavy (non-hydrogen) atoms. The van der Waals surface area contributed by atoms with Crippen LogP contribution in [0.1, 0.15) is 17.3 Å². The number of carbonyl (C=O) groups excluding carboxylic acids is 1. The molecule has 1 heterocycles. The fraction of sp³-hybridized carbons (Fsp3) is 0.200. The van der Waals surface area contributed by atoms with Gasteiger partial charge in [-0.15, -0.1) is 0 Å². The van der Waals surface area contributed by atoms with Crippen molar-refractivity contribution in [3.63, 3.8) is 0 Å². The molecule has 3 aromatic rings. The predicted molar refractivity (Wildman–Crippen MR) is 95.6 cm³/mol. The molecule has 5 nitrogen and oxygen atoms in total. The van der Waals surface area contributed by atoms with Gasteiger partial charge in [0, 0.05) is 23.5 Å². The number of imidazole rings is 1. The standard InChI is InChI=1S/C20H20N2O3/c1-15(23)16-7-9-19(10-8-16)25-14-18(24)13-22-12-11-21-20(22)17-5-3-2-4-6-17/h2-12,18,24H,13-14H2,1H3. The summed E-state index contributed by atoms with van der Waals surface area (Å²) < 4.78 is 7.51. The number of hydrogen-bond donors (Lipinski definition) is 1. The molecule has 0 bridgehead atoms. The number of nitrogens with zero attached hydrogens (tertiary/aromatic N) is 2. The zero-order valence-corrected chi connectivity index (χ0v) is 14.0. The average Bonchev–Trinajstić information content (AvgIpc) is 3.09. The number of Topliss-reactive ketones (excluding diaryl/α,β-unsaturated/α-hetero) is 1. The van der Waals surface area contributed by atoms with Crippen LogP contribution < -0.4 is 4.74 Å². The highest BCUT2D eigenvalue weighted by atomic mass is 16.5. The summed E-state index contributed by atoms with van der Waals surface area (Å²) in [6.07, 6.45) is 2.88. The molecule has 0 aliphatic rings. The van der Waals surface area contributed by atoms with E-state index in [9.17, 15) is 9.90 Å². The summed E-state index contributed by atoms with van der Waals surface area (Å²) in [6, 6.07) is 16.7. The van der Waals surface area contributed by atoms with Crippen LogP contribution in [0.15, 0.2) is 67.0 Å². The number of aromatic nitrogens is 2. The Morgan fingerprint density at radius 1 is 1.16 bits per heavy atom. The van der Waals surface area contributed by atoms with Gasteiger partial charge in [0.05, 0.1) is 6.54 Å². The van der Waals surface area contributed by atoms with Crippen LogP contribution in [0, 0.1) is 0 Å². The van der Waals surface area contributed by atoms with E-state index in [2.05, 4.69) is 4.98 Å². The zero-order chi connectivity index (χ0) is 17.6. The highest BCUT2D eigenvalue weighted by Gasteiger charge is 2.11. The quantitative estimate of drug-likeness (QED) is 0.673. The highest BCUT2D eigenvalue weighted by Crippen LogP contribution is 2.17. The SMILES string of the molecule is CC(=O)c1ccc(OCC(O)Cn2ccnc2-c2ccccc2)cc1. The topological polar surface area (TPSA) is 64.3 Å². The second-order valence-corrected chi connectivity index (χ2v) is 5.81. The Hall–Kier alpha value is -2.92. The van der Waals surface area contributed by atoms with Crippen LogP contribution in [0.5, 0.6) is 5.75 Å². The molecular weight excluding hydrogens is 316 g/mol. The molecule has 0 amide bonds. The van der Waals surface area contributed by atoms with Crippen LogP contribution in [-0.4, -0.2) is 33.2 Å². The molecule has 0 saturated heterocycles. The lowest BCUT2D eigenvalue weighted by atomic mass is 10.1. The van der Waals surface area contributed by atoms with Crippen LogP contribution in [0.4, 0.5) is 0 Å². The smallest absolute Gasteiger partial charge is 0.159 e.